The molecule has 1 aromatic heterocycles. The molecule has 2 nitrogen and oxygen atoms in total. The molecule has 0 aliphatic heterocycles. The fourth-order valence-corrected chi connectivity index (χ4v) is 4.31. The third-order valence-electron chi connectivity index (χ3n) is 4.74. The first kappa shape index (κ1) is 17.8. The maximum absolute atomic E-state index is 12.9. The zero-order valence-electron chi connectivity index (χ0n) is 14.2. The molecule has 138 valence electrons. The summed E-state index contributed by atoms with van der Waals surface area (Å²) >= 11 is 1.20. The average molecular weight is 387 g/mol. The highest BCUT2D eigenvalue weighted by molar-refractivity contribution is 7.17. The molecule has 27 heavy (non-hydrogen) atoms. The molecule has 3 aromatic rings. The van der Waals surface area contributed by atoms with Crippen LogP contribution in [0.5, 0.6) is 0 Å². The lowest BCUT2D eigenvalue weighted by Gasteiger charge is -2.13. The fourth-order valence-electron chi connectivity index (χ4n) is 3.40. The number of thiophene rings is 1. The van der Waals surface area contributed by atoms with Crippen molar-refractivity contribution in [1.29, 1.82) is 0 Å². The second kappa shape index (κ2) is 6.85. The van der Waals surface area contributed by atoms with Crippen LogP contribution in [0.3, 0.4) is 0 Å². The zero-order chi connectivity index (χ0) is 19.0. The molecule has 1 heterocycles. The van der Waals surface area contributed by atoms with Crippen molar-refractivity contribution in [2.45, 2.75) is 25.1 Å². The molecular weight excluding hydrogens is 371 g/mol. The summed E-state index contributed by atoms with van der Waals surface area (Å²) in [5.41, 5.74) is 2.15. The summed E-state index contributed by atoms with van der Waals surface area (Å²) < 4.78 is 38.7. The van der Waals surface area contributed by atoms with Gasteiger partial charge in [0.05, 0.1) is 16.5 Å². The Labute approximate surface area is 158 Å². The Morgan fingerprint density at radius 2 is 1.85 bits per heavy atom. The van der Waals surface area contributed by atoms with Crippen LogP contribution < -0.4 is 5.32 Å². The Morgan fingerprint density at radius 1 is 1.04 bits per heavy atom. The van der Waals surface area contributed by atoms with E-state index in [4.69, 9.17) is 0 Å². The average Bonchev–Trinajstić information content (AvgIpc) is 3.29. The normalized spacial score (nSPS) is 16.2. The topological polar surface area (TPSA) is 29.1 Å². The molecule has 1 atom stereocenters. The quantitative estimate of drug-likeness (QED) is 0.600. The molecule has 1 amide bonds. The Hall–Kier alpha value is -2.60. The van der Waals surface area contributed by atoms with Gasteiger partial charge < -0.3 is 5.32 Å². The van der Waals surface area contributed by atoms with Crippen LogP contribution >= 0.6 is 11.3 Å². The molecule has 1 N–H and O–H groups in total. The molecule has 0 radical (unpaired) electrons. The van der Waals surface area contributed by atoms with Gasteiger partial charge in [-0.15, -0.1) is 11.3 Å². The number of fused-ring (bicyclic) bond motifs is 1. The highest BCUT2D eigenvalue weighted by atomic mass is 32.1. The van der Waals surface area contributed by atoms with Gasteiger partial charge in [-0.1, -0.05) is 36.4 Å². The van der Waals surface area contributed by atoms with Crippen LogP contribution in [0.4, 0.5) is 13.2 Å². The summed E-state index contributed by atoms with van der Waals surface area (Å²) in [6, 6.07) is 16.5. The smallest absolute Gasteiger partial charge is 0.345 e. The second-order valence-electron chi connectivity index (χ2n) is 6.51. The van der Waals surface area contributed by atoms with Crippen molar-refractivity contribution in [2.24, 2.45) is 0 Å². The summed E-state index contributed by atoms with van der Waals surface area (Å²) in [4.78, 5) is 13.7. The molecule has 0 saturated carbocycles. The van der Waals surface area contributed by atoms with Gasteiger partial charge in [0.1, 0.15) is 0 Å². The lowest BCUT2D eigenvalue weighted by molar-refractivity contribution is -0.137. The van der Waals surface area contributed by atoms with E-state index in [1.807, 2.05) is 18.2 Å². The van der Waals surface area contributed by atoms with Crippen LogP contribution in [0.2, 0.25) is 0 Å². The van der Waals surface area contributed by atoms with Crippen LogP contribution in [0.25, 0.3) is 10.4 Å². The maximum Gasteiger partial charge on any atom is 0.416 e. The summed E-state index contributed by atoms with van der Waals surface area (Å²) in [5, 5.41) is 3.04. The third kappa shape index (κ3) is 3.62. The van der Waals surface area contributed by atoms with Crippen molar-refractivity contribution >= 4 is 17.2 Å². The molecule has 2 aromatic carbocycles. The second-order valence-corrected chi connectivity index (χ2v) is 7.59. The number of hydrogen-bond donors (Lipinski definition) is 1. The van der Waals surface area contributed by atoms with E-state index in [2.05, 4.69) is 11.4 Å². The van der Waals surface area contributed by atoms with Crippen LogP contribution in [-0.4, -0.2) is 5.91 Å². The summed E-state index contributed by atoms with van der Waals surface area (Å²) in [6.45, 7) is 0. The van der Waals surface area contributed by atoms with E-state index in [1.165, 1.54) is 23.0 Å². The van der Waals surface area contributed by atoms with Gasteiger partial charge in [0.15, 0.2) is 0 Å². The minimum atomic E-state index is -4.39. The van der Waals surface area contributed by atoms with E-state index >= 15 is 0 Å². The molecule has 1 aliphatic carbocycles. The highest BCUT2D eigenvalue weighted by Gasteiger charge is 2.30. The number of carbonyl (C=O) groups excluding carboxylic acids is 1. The van der Waals surface area contributed by atoms with E-state index < -0.39 is 11.7 Å². The number of nitrogens with one attached hydrogen (secondary N) is 1. The van der Waals surface area contributed by atoms with E-state index in [1.54, 1.807) is 18.2 Å². The number of halogens is 3. The zero-order valence-corrected chi connectivity index (χ0v) is 15.0. The molecule has 4 rings (SSSR count). The number of rotatable bonds is 3. The van der Waals surface area contributed by atoms with Crippen molar-refractivity contribution in [3.8, 4) is 10.4 Å². The molecule has 6 heteroatoms. The third-order valence-corrected chi connectivity index (χ3v) is 5.88. The van der Waals surface area contributed by atoms with Crippen LogP contribution in [0, 0.1) is 0 Å². The van der Waals surface area contributed by atoms with Crippen molar-refractivity contribution < 1.29 is 18.0 Å². The molecule has 0 fully saturated rings. The van der Waals surface area contributed by atoms with Gasteiger partial charge in [0.25, 0.3) is 5.91 Å². The van der Waals surface area contributed by atoms with Gasteiger partial charge >= 0.3 is 6.18 Å². The van der Waals surface area contributed by atoms with Gasteiger partial charge in [-0.3, -0.25) is 4.79 Å². The Kier molecular flexibility index (Phi) is 4.52. The standard InChI is InChI=1S/C21H16F3NOS/c22-21(23,24)15-6-3-5-14(12-15)18-10-11-19(27-18)20(26)25-17-9-8-13-4-1-2-7-16(13)17/h1-7,10-12,17H,8-9H2,(H,25,26). The van der Waals surface area contributed by atoms with Gasteiger partial charge in [0.2, 0.25) is 0 Å². The number of aryl methyl sites for hydroxylation is 1. The molecular formula is C21H16F3NOS. The number of carbonyl (C=O) groups is 1. The van der Waals surface area contributed by atoms with Crippen molar-refractivity contribution in [1.82, 2.24) is 5.32 Å². The molecule has 0 bridgehead atoms. The molecule has 0 saturated heterocycles. The number of benzene rings is 2. The van der Waals surface area contributed by atoms with E-state index in [0.29, 0.717) is 15.3 Å². The SMILES string of the molecule is O=C(NC1CCc2ccccc21)c1ccc(-c2cccc(C(F)(F)F)c2)s1. The first-order chi connectivity index (χ1) is 12.9. The minimum absolute atomic E-state index is 0.0205. The molecule has 1 aliphatic rings. The van der Waals surface area contributed by atoms with E-state index in [-0.39, 0.29) is 11.9 Å². The first-order valence-corrected chi connectivity index (χ1v) is 9.39. The first-order valence-electron chi connectivity index (χ1n) is 8.58. The molecule has 0 spiro atoms. The van der Waals surface area contributed by atoms with Gasteiger partial charge in [-0.05, 0) is 53.8 Å². The predicted octanol–water partition coefficient (Wildman–Crippen LogP) is 5.85. The van der Waals surface area contributed by atoms with Crippen LogP contribution in [0.15, 0.2) is 60.7 Å². The number of hydrogen-bond acceptors (Lipinski definition) is 2. The fraction of sp³-hybridized carbons (Fsp3) is 0.190. The van der Waals surface area contributed by atoms with Gasteiger partial charge in [0, 0.05) is 4.88 Å². The Balaban J connectivity index is 1.52. The van der Waals surface area contributed by atoms with E-state index in [9.17, 15) is 18.0 Å². The lowest BCUT2D eigenvalue weighted by atomic mass is 10.1. The van der Waals surface area contributed by atoms with Gasteiger partial charge in [-0.2, -0.15) is 13.2 Å². The Bertz CT molecular complexity index is 993. The molecule has 1 unspecified atom stereocenters. The summed E-state index contributed by atoms with van der Waals surface area (Å²) in [7, 11) is 0. The number of amides is 1. The lowest BCUT2D eigenvalue weighted by Crippen LogP contribution is -2.26. The highest BCUT2D eigenvalue weighted by Crippen LogP contribution is 2.35. The van der Waals surface area contributed by atoms with E-state index in [0.717, 1.165) is 30.5 Å². The summed E-state index contributed by atoms with van der Waals surface area (Å²) in [6.07, 6.45) is -2.60. The largest absolute Gasteiger partial charge is 0.416 e. The van der Waals surface area contributed by atoms with Crippen molar-refractivity contribution in [2.75, 3.05) is 0 Å². The Morgan fingerprint density at radius 3 is 2.67 bits per heavy atom. The predicted molar refractivity (Wildman–Crippen MR) is 99.7 cm³/mol. The van der Waals surface area contributed by atoms with Crippen molar-refractivity contribution in [3.05, 3.63) is 82.2 Å². The monoisotopic (exact) mass is 387 g/mol. The van der Waals surface area contributed by atoms with Gasteiger partial charge in [-0.25, -0.2) is 0 Å². The minimum Gasteiger partial charge on any atom is -0.345 e. The summed E-state index contributed by atoms with van der Waals surface area (Å²) in [5.74, 6) is -0.195. The number of alkyl halides is 3. The van der Waals surface area contributed by atoms with Crippen molar-refractivity contribution in [3.63, 3.8) is 0 Å². The van der Waals surface area contributed by atoms with Crippen LogP contribution in [-0.2, 0) is 12.6 Å². The maximum atomic E-state index is 12.9. The van der Waals surface area contributed by atoms with Crippen LogP contribution in [0.1, 0.15) is 38.8 Å².